The van der Waals surface area contributed by atoms with Crippen LogP contribution in [0.15, 0.2) is 20.3 Å². The Kier molecular flexibility index (Phi) is 2.58. The minimum atomic E-state index is -0.366. The molecular weight excluding hydrogens is 260 g/mol. The van der Waals surface area contributed by atoms with Gasteiger partial charge < -0.3 is 0 Å². The summed E-state index contributed by atoms with van der Waals surface area (Å²) in [6, 6.07) is 0. The van der Waals surface area contributed by atoms with E-state index in [1.165, 1.54) is 6.42 Å². The third kappa shape index (κ3) is 2.07. The highest BCUT2D eigenvalue weighted by Crippen LogP contribution is 2.41. The van der Waals surface area contributed by atoms with E-state index in [1.807, 2.05) is 0 Å². The van der Waals surface area contributed by atoms with Crippen LogP contribution < -0.4 is 11.2 Å². The Morgan fingerprint density at radius 1 is 1.53 bits per heavy atom. The van der Waals surface area contributed by atoms with Gasteiger partial charge in [0.15, 0.2) is 0 Å². The van der Waals surface area contributed by atoms with Gasteiger partial charge in [-0.15, -0.1) is 0 Å². The first-order valence-electron chi connectivity index (χ1n) is 4.99. The van der Waals surface area contributed by atoms with Crippen molar-refractivity contribution in [2.45, 2.75) is 32.7 Å². The van der Waals surface area contributed by atoms with E-state index in [9.17, 15) is 9.59 Å². The molecule has 1 fully saturated rings. The third-order valence-electron chi connectivity index (χ3n) is 3.08. The number of rotatable bonds is 2. The van der Waals surface area contributed by atoms with E-state index >= 15 is 0 Å². The lowest BCUT2D eigenvalue weighted by atomic mass is 9.70. The second kappa shape index (κ2) is 3.63. The highest BCUT2D eigenvalue weighted by atomic mass is 79.9. The van der Waals surface area contributed by atoms with Crippen LogP contribution in [0.2, 0.25) is 0 Å². The Balaban J connectivity index is 2.32. The normalized spacial score (nSPS) is 18.5. The molecule has 2 rings (SSSR count). The Labute approximate surface area is 95.5 Å². The van der Waals surface area contributed by atoms with Gasteiger partial charge in [-0.25, -0.2) is 4.79 Å². The molecule has 4 nitrogen and oxygen atoms in total. The van der Waals surface area contributed by atoms with E-state index in [-0.39, 0.29) is 16.7 Å². The molecule has 1 heterocycles. The van der Waals surface area contributed by atoms with Crippen LogP contribution in [-0.4, -0.2) is 9.55 Å². The van der Waals surface area contributed by atoms with Gasteiger partial charge in [0.05, 0.1) is 4.47 Å². The SMILES string of the molecule is CC1(Cn2cc(Br)c(=O)[nH]c2=O)CCC1. The van der Waals surface area contributed by atoms with Gasteiger partial charge in [0.2, 0.25) is 0 Å². The molecule has 0 aliphatic heterocycles. The molecule has 0 amide bonds. The summed E-state index contributed by atoms with van der Waals surface area (Å²) < 4.78 is 1.98. The van der Waals surface area contributed by atoms with E-state index in [1.54, 1.807) is 10.8 Å². The summed E-state index contributed by atoms with van der Waals surface area (Å²) in [5, 5.41) is 0. The fourth-order valence-corrected chi connectivity index (χ4v) is 2.30. The van der Waals surface area contributed by atoms with E-state index in [0.29, 0.717) is 11.0 Å². The number of nitrogens with one attached hydrogen (secondary N) is 1. The van der Waals surface area contributed by atoms with Gasteiger partial charge >= 0.3 is 5.69 Å². The monoisotopic (exact) mass is 272 g/mol. The van der Waals surface area contributed by atoms with Crippen LogP contribution in [0.1, 0.15) is 26.2 Å². The molecule has 0 radical (unpaired) electrons. The first-order chi connectivity index (χ1) is 7.00. The van der Waals surface area contributed by atoms with E-state index in [4.69, 9.17) is 0 Å². The predicted molar refractivity (Wildman–Crippen MR) is 61.0 cm³/mol. The number of aromatic nitrogens is 2. The van der Waals surface area contributed by atoms with Crippen molar-refractivity contribution in [1.29, 1.82) is 0 Å². The van der Waals surface area contributed by atoms with Gasteiger partial charge in [-0.05, 0) is 34.2 Å². The quantitative estimate of drug-likeness (QED) is 0.887. The van der Waals surface area contributed by atoms with Crippen molar-refractivity contribution in [3.63, 3.8) is 0 Å². The number of H-pyrrole nitrogens is 1. The Morgan fingerprint density at radius 3 is 2.73 bits per heavy atom. The molecule has 1 aliphatic rings. The van der Waals surface area contributed by atoms with E-state index in [2.05, 4.69) is 27.8 Å². The molecule has 1 saturated carbocycles. The summed E-state index contributed by atoms with van der Waals surface area (Å²) in [5.41, 5.74) is -0.465. The topological polar surface area (TPSA) is 54.9 Å². The minimum absolute atomic E-state index is 0.224. The first kappa shape index (κ1) is 10.7. The molecule has 0 atom stereocenters. The second-order valence-corrected chi connectivity index (χ2v) is 5.38. The lowest BCUT2D eigenvalue weighted by molar-refractivity contribution is 0.129. The molecule has 15 heavy (non-hydrogen) atoms. The summed E-state index contributed by atoms with van der Waals surface area (Å²) in [6.07, 6.45) is 5.10. The summed E-state index contributed by atoms with van der Waals surface area (Å²) >= 11 is 3.12. The summed E-state index contributed by atoms with van der Waals surface area (Å²) in [4.78, 5) is 24.9. The number of hydrogen-bond acceptors (Lipinski definition) is 2. The molecule has 82 valence electrons. The van der Waals surface area contributed by atoms with Gasteiger partial charge in [-0.1, -0.05) is 13.3 Å². The molecule has 1 N–H and O–H groups in total. The molecule has 0 saturated heterocycles. The molecule has 1 aliphatic carbocycles. The molecular formula is C10H13BrN2O2. The molecule has 0 unspecified atom stereocenters. The fraction of sp³-hybridized carbons (Fsp3) is 0.600. The van der Waals surface area contributed by atoms with Crippen LogP contribution in [0.3, 0.4) is 0 Å². The van der Waals surface area contributed by atoms with Crippen molar-refractivity contribution >= 4 is 15.9 Å². The van der Waals surface area contributed by atoms with E-state index in [0.717, 1.165) is 12.8 Å². The van der Waals surface area contributed by atoms with Gasteiger partial charge in [0.25, 0.3) is 5.56 Å². The fourth-order valence-electron chi connectivity index (χ4n) is 1.95. The van der Waals surface area contributed by atoms with Gasteiger partial charge in [-0.2, -0.15) is 0 Å². The molecule has 1 aromatic rings. The third-order valence-corrected chi connectivity index (χ3v) is 3.65. The number of nitrogens with zero attached hydrogens (tertiary/aromatic N) is 1. The standard InChI is InChI=1S/C10H13BrN2O2/c1-10(3-2-4-10)6-13-5-7(11)8(14)12-9(13)15/h5H,2-4,6H2,1H3,(H,12,14,15). The maximum atomic E-state index is 11.5. The van der Waals surface area contributed by atoms with E-state index < -0.39 is 0 Å². The summed E-state index contributed by atoms with van der Waals surface area (Å²) in [7, 11) is 0. The van der Waals surface area contributed by atoms with Crippen LogP contribution in [0.25, 0.3) is 0 Å². The maximum Gasteiger partial charge on any atom is 0.328 e. The summed E-state index contributed by atoms with van der Waals surface area (Å²) in [6.45, 7) is 2.85. The van der Waals surface area contributed by atoms with Crippen LogP contribution in [0.5, 0.6) is 0 Å². The molecule has 5 heteroatoms. The summed E-state index contributed by atoms with van der Waals surface area (Å²) in [5.74, 6) is 0. The average Bonchev–Trinajstić information content (AvgIpc) is 2.11. The van der Waals surface area contributed by atoms with Crippen molar-refractivity contribution in [3.05, 3.63) is 31.5 Å². The lowest BCUT2D eigenvalue weighted by Gasteiger charge is -2.38. The first-order valence-corrected chi connectivity index (χ1v) is 5.79. The lowest BCUT2D eigenvalue weighted by Crippen LogP contribution is -2.38. The number of aromatic amines is 1. The largest absolute Gasteiger partial charge is 0.328 e. The molecule has 0 bridgehead atoms. The molecule has 1 aromatic heterocycles. The highest BCUT2D eigenvalue weighted by Gasteiger charge is 2.32. The van der Waals surface area contributed by atoms with Crippen LogP contribution in [-0.2, 0) is 6.54 Å². The van der Waals surface area contributed by atoms with Crippen molar-refractivity contribution in [2.75, 3.05) is 0 Å². The Bertz CT molecular complexity index is 485. The second-order valence-electron chi connectivity index (χ2n) is 4.53. The zero-order valence-electron chi connectivity index (χ0n) is 8.55. The number of halogens is 1. The molecule has 0 aromatic carbocycles. The number of hydrogen-bond donors (Lipinski definition) is 1. The highest BCUT2D eigenvalue weighted by molar-refractivity contribution is 9.10. The maximum absolute atomic E-state index is 11.5. The van der Waals surface area contributed by atoms with Crippen LogP contribution >= 0.6 is 15.9 Å². The zero-order valence-corrected chi connectivity index (χ0v) is 10.1. The predicted octanol–water partition coefficient (Wildman–Crippen LogP) is 1.49. The van der Waals surface area contributed by atoms with Crippen molar-refractivity contribution < 1.29 is 0 Å². The van der Waals surface area contributed by atoms with Gasteiger partial charge in [0.1, 0.15) is 0 Å². The minimum Gasteiger partial charge on any atom is -0.299 e. The van der Waals surface area contributed by atoms with Crippen LogP contribution in [0, 0.1) is 5.41 Å². The van der Waals surface area contributed by atoms with Crippen LogP contribution in [0.4, 0.5) is 0 Å². The van der Waals surface area contributed by atoms with Gasteiger partial charge in [0, 0.05) is 12.7 Å². The van der Waals surface area contributed by atoms with Crippen molar-refractivity contribution in [2.24, 2.45) is 5.41 Å². The van der Waals surface area contributed by atoms with Gasteiger partial charge in [-0.3, -0.25) is 14.3 Å². The smallest absolute Gasteiger partial charge is 0.299 e. The Morgan fingerprint density at radius 2 is 2.20 bits per heavy atom. The molecule has 0 spiro atoms. The van der Waals surface area contributed by atoms with Crippen molar-refractivity contribution in [1.82, 2.24) is 9.55 Å². The zero-order chi connectivity index (χ0) is 11.1. The van der Waals surface area contributed by atoms with Crippen molar-refractivity contribution in [3.8, 4) is 0 Å². The Hall–Kier alpha value is -0.840. The average molecular weight is 273 g/mol.